The number of rotatable bonds is 2. The number of carbonyl (C=O) groups is 1. The van der Waals surface area contributed by atoms with Gasteiger partial charge >= 0.3 is 6.09 Å². The summed E-state index contributed by atoms with van der Waals surface area (Å²) in [7, 11) is 0. The molecular formula is C10H10ClNO2. The Kier molecular flexibility index (Phi) is 2.59. The van der Waals surface area contributed by atoms with Crippen molar-refractivity contribution >= 4 is 23.4 Å². The maximum absolute atomic E-state index is 11.4. The van der Waals surface area contributed by atoms with Gasteiger partial charge in [-0.05, 0) is 12.1 Å². The van der Waals surface area contributed by atoms with Crippen LogP contribution in [0.2, 0.25) is 0 Å². The zero-order chi connectivity index (χ0) is 9.97. The predicted molar refractivity (Wildman–Crippen MR) is 54.8 cm³/mol. The van der Waals surface area contributed by atoms with Gasteiger partial charge in [0.25, 0.3) is 0 Å². The molecule has 0 aromatic heterocycles. The van der Waals surface area contributed by atoms with Gasteiger partial charge < -0.3 is 4.74 Å². The van der Waals surface area contributed by atoms with Crippen molar-refractivity contribution in [3.63, 3.8) is 0 Å². The lowest BCUT2D eigenvalue weighted by molar-refractivity contribution is 0.151. The Bertz CT molecular complexity index is 328. The summed E-state index contributed by atoms with van der Waals surface area (Å²) in [6.45, 7) is 0.534. The average molecular weight is 212 g/mol. The average Bonchev–Trinajstić information content (AvgIpc) is 2.61. The number of alkyl halides is 1. The summed E-state index contributed by atoms with van der Waals surface area (Å²) in [6.07, 6.45) is -0.508. The van der Waals surface area contributed by atoms with Gasteiger partial charge in [0, 0.05) is 5.69 Å². The zero-order valence-corrected chi connectivity index (χ0v) is 8.28. The Morgan fingerprint density at radius 1 is 1.43 bits per heavy atom. The summed E-state index contributed by atoms with van der Waals surface area (Å²) in [4.78, 5) is 13.0. The summed E-state index contributed by atoms with van der Waals surface area (Å²) >= 11 is 5.62. The van der Waals surface area contributed by atoms with Crippen LogP contribution >= 0.6 is 11.6 Å². The number of benzene rings is 1. The molecule has 4 heteroatoms. The van der Waals surface area contributed by atoms with Gasteiger partial charge in [0.05, 0.1) is 12.4 Å². The molecule has 0 saturated carbocycles. The highest BCUT2D eigenvalue weighted by molar-refractivity contribution is 6.18. The topological polar surface area (TPSA) is 29.5 Å². The van der Waals surface area contributed by atoms with Crippen LogP contribution in [0.1, 0.15) is 0 Å². The molecule has 1 saturated heterocycles. The number of ether oxygens (including phenoxy) is 1. The number of hydrogen-bond donors (Lipinski definition) is 0. The van der Waals surface area contributed by atoms with Gasteiger partial charge in [-0.1, -0.05) is 18.2 Å². The molecule has 74 valence electrons. The van der Waals surface area contributed by atoms with Crippen molar-refractivity contribution < 1.29 is 9.53 Å². The first-order valence-corrected chi connectivity index (χ1v) is 4.94. The Labute approximate surface area is 87.2 Å². The highest BCUT2D eigenvalue weighted by atomic mass is 35.5. The van der Waals surface area contributed by atoms with E-state index in [2.05, 4.69) is 0 Å². The van der Waals surface area contributed by atoms with Gasteiger partial charge in [-0.3, -0.25) is 4.90 Å². The lowest BCUT2D eigenvalue weighted by Gasteiger charge is -2.11. The molecule has 3 nitrogen and oxygen atoms in total. The van der Waals surface area contributed by atoms with Crippen molar-refractivity contribution in [2.24, 2.45) is 0 Å². The van der Waals surface area contributed by atoms with E-state index in [9.17, 15) is 4.79 Å². The van der Waals surface area contributed by atoms with E-state index in [0.29, 0.717) is 12.4 Å². The van der Waals surface area contributed by atoms with Crippen molar-refractivity contribution in [3.05, 3.63) is 30.3 Å². The SMILES string of the molecule is O=C1OC(CCl)CN1c1ccccc1. The highest BCUT2D eigenvalue weighted by Gasteiger charge is 2.31. The van der Waals surface area contributed by atoms with E-state index >= 15 is 0 Å². The normalized spacial score (nSPS) is 21.1. The minimum Gasteiger partial charge on any atom is -0.443 e. The molecule has 0 bridgehead atoms. The molecule has 1 unspecified atom stereocenters. The summed E-state index contributed by atoms with van der Waals surface area (Å²) in [5.41, 5.74) is 0.852. The molecule has 1 aliphatic heterocycles. The maximum Gasteiger partial charge on any atom is 0.414 e. The Morgan fingerprint density at radius 2 is 2.14 bits per heavy atom. The van der Waals surface area contributed by atoms with Crippen molar-refractivity contribution in [2.45, 2.75) is 6.10 Å². The van der Waals surface area contributed by atoms with Gasteiger partial charge in [-0.25, -0.2) is 4.79 Å². The van der Waals surface area contributed by atoms with E-state index in [0.717, 1.165) is 5.69 Å². The zero-order valence-electron chi connectivity index (χ0n) is 7.52. The van der Waals surface area contributed by atoms with E-state index in [-0.39, 0.29) is 12.2 Å². The summed E-state index contributed by atoms with van der Waals surface area (Å²) in [5, 5.41) is 0. The fourth-order valence-corrected chi connectivity index (χ4v) is 1.58. The predicted octanol–water partition coefficient (Wildman–Crippen LogP) is 2.25. The largest absolute Gasteiger partial charge is 0.443 e. The van der Waals surface area contributed by atoms with Crippen molar-refractivity contribution in [3.8, 4) is 0 Å². The summed E-state index contributed by atoms with van der Waals surface area (Å²) < 4.78 is 5.03. The fraction of sp³-hybridized carbons (Fsp3) is 0.300. The number of amides is 1. The molecule has 1 heterocycles. The molecule has 0 N–H and O–H groups in total. The van der Waals surface area contributed by atoms with Gasteiger partial charge in [-0.15, -0.1) is 11.6 Å². The Balaban J connectivity index is 2.17. The molecule has 0 spiro atoms. The second-order valence-electron chi connectivity index (χ2n) is 3.11. The van der Waals surface area contributed by atoms with Gasteiger partial charge in [0.1, 0.15) is 6.10 Å². The lowest BCUT2D eigenvalue weighted by atomic mass is 10.3. The van der Waals surface area contributed by atoms with E-state index in [4.69, 9.17) is 16.3 Å². The number of halogens is 1. The molecule has 1 aromatic rings. The van der Waals surface area contributed by atoms with E-state index < -0.39 is 0 Å². The molecular weight excluding hydrogens is 202 g/mol. The van der Waals surface area contributed by atoms with Gasteiger partial charge in [0.2, 0.25) is 0 Å². The van der Waals surface area contributed by atoms with Crippen LogP contribution < -0.4 is 4.90 Å². The number of nitrogens with zero attached hydrogens (tertiary/aromatic N) is 1. The maximum atomic E-state index is 11.4. The third-order valence-electron chi connectivity index (χ3n) is 2.11. The molecule has 1 aliphatic rings. The lowest BCUT2D eigenvalue weighted by Crippen LogP contribution is -2.24. The van der Waals surface area contributed by atoms with E-state index in [1.54, 1.807) is 4.90 Å². The Morgan fingerprint density at radius 3 is 2.71 bits per heavy atom. The van der Waals surface area contributed by atoms with Crippen LogP contribution in [0, 0.1) is 0 Å². The minimum absolute atomic E-state index is 0.190. The van der Waals surface area contributed by atoms with Crippen molar-refractivity contribution in [2.75, 3.05) is 17.3 Å². The Hall–Kier alpha value is -1.22. The first kappa shape index (κ1) is 9.34. The third kappa shape index (κ3) is 1.68. The molecule has 14 heavy (non-hydrogen) atoms. The second-order valence-corrected chi connectivity index (χ2v) is 3.41. The van der Waals surface area contributed by atoms with Crippen molar-refractivity contribution in [1.29, 1.82) is 0 Å². The number of anilines is 1. The quantitative estimate of drug-likeness (QED) is 0.703. The fourth-order valence-electron chi connectivity index (χ4n) is 1.42. The first-order chi connectivity index (χ1) is 6.81. The van der Waals surface area contributed by atoms with Crippen LogP contribution in [-0.4, -0.2) is 24.6 Å². The van der Waals surface area contributed by atoms with Crippen LogP contribution in [0.5, 0.6) is 0 Å². The molecule has 1 aromatic carbocycles. The molecule has 1 amide bonds. The van der Waals surface area contributed by atoms with Gasteiger partial charge in [-0.2, -0.15) is 0 Å². The highest BCUT2D eigenvalue weighted by Crippen LogP contribution is 2.21. The standard InChI is InChI=1S/C10H10ClNO2/c11-6-9-7-12(10(13)14-9)8-4-2-1-3-5-8/h1-5,9H,6-7H2. The number of hydrogen-bond acceptors (Lipinski definition) is 2. The van der Waals surface area contributed by atoms with Crippen LogP contribution in [0.15, 0.2) is 30.3 Å². The first-order valence-electron chi connectivity index (χ1n) is 4.40. The van der Waals surface area contributed by atoms with Crippen LogP contribution in [-0.2, 0) is 4.74 Å². The number of carbonyl (C=O) groups excluding carboxylic acids is 1. The molecule has 0 radical (unpaired) electrons. The van der Waals surface area contributed by atoms with Crippen LogP contribution in [0.4, 0.5) is 10.5 Å². The minimum atomic E-state index is -0.318. The third-order valence-corrected chi connectivity index (χ3v) is 2.46. The summed E-state index contributed by atoms with van der Waals surface area (Å²) in [6, 6.07) is 9.42. The molecule has 1 atom stereocenters. The van der Waals surface area contributed by atoms with E-state index in [1.807, 2.05) is 30.3 Å². The second kappa shape index (κ2) is 3.88. The van der Waals surface area contributed by atoms with Crippen molar-refractivity contribution in [1.82, 2.24) is 0 Å². The molecule has 2 rings (SSSR count). The number of para-hydroxylation sites is 1. The molecule has 0 aliphatic carbocycles. The monoisotopic (exact) mass is 211 g/mol. The molecule has 1 fully saturated rings. The van der Waals surface area contributed by atoms with Crippen LogP contribution in [0.3, 0.4) is 0 Å². The van der Waals surface area contributed by atoms with E-state index in [1.165, 1.54) is 0 Å². The van der Waals surface area contributed by atoms with Gasteiger partial charge in [0.15, 0.2) is 0 Å². The smallest absolute Gasteiger partial charge is 0.414 e. The number of cyclic esters (lactones) is 1. The van der Waals surface area contributed by atoms with Crippen LogP contribution in [0.25, 0.3) is 0 Å². The summed E-state index contributed by atoms with van der Waals surface area (Å²) in [5.74, 6) is 0.342.